The van der Waals surface area contributed by atoms with Crippen LogP contribution in [0.2, 0.25) is 0 Å². The van der Waals surface area contributed by atoms with Crippen molar-refractivity contribution in [2.24, 2.45) is 11.3 Å². The number of ether oxygens (including phenoxy) is 2. The molecule has 0 radical (unpaired) electrons. The monoisotopic (exact) mass is 406 g/mol. The lowest BCUT2D eigenvalue weighted by Gasteiger charge is -2.54. The summed E-state index contributed by atoms with van der Waals surface area (Å²) in [7, 11) is 0. The number of rotatable bonds is 5. The minimum absolute atomic E-state index is 0.189. The van der Waals surface area contributed by atoms with E-state index in [-0.39, 0.29) is 6.42 Å². The van der Waals surface area contributed by atoms with Crippen LogP contribution in [0.5, 0.6) is 0 Å². The fourth-order valence-corrected chi connectivity index (χ4v) is 4.13. The van der Waals surface area contributed by atoms with E-state index in [2.05, 4.69) is 0 Å². The van der Waals surface area contributed by atoms with E-state index in [1.54, 1.807) is 27.7 Å². The highest BCUT2D eigenvalue weighted by Gasteiger charge is 2.56. The van der Waals surface area contributed by atoms with Gasteiger partial charge in [0, 0.05) is 11.3 Å². The summed E-state index contributed by atoms with van der Waals surface area (Å²) >= 11 is 0. The summed E-state index contributed by atoms with van der Waals surface area (Å²) < 4.78 is 11.1. The molecule has 0 spiro atoms. The van der Waals surface area contributed by atoms with E-state index in [9.17, 15) is 35.7 Å². The fourth-order valence-electron chi connectivity index (χ4n) is 4.13. The van der Waals surface area contributed by atoms with E-state index in [4.69, 9.17) is 9.47 Å². The third kappa shape index (κ3) is 4.28. The van der Waals surface area contributed by atoms with Crippen molar-refractivity contribution in [3.05, 3.63) is 12.2 Å². The third-order valence-electron chi connectivity index (χ3n) is 6.17. The molecule has 1 aliphatic carbocycles. The van der Waals surface area contributed by atoms with Crippen LogP contribution in [0.15, 0.2) is 12.2 Å². The van der Waals surface area contributed by atoms with E-state index in [1.165, 1.54) is 12.2 Å². The van der Waals surface area contributed by atoms with Gasteiger partial charge < -0.3 is 45.2 Å². The lowest BCUT2D eigenvalue weighted by molar-refractivity contribution is -0.329. The van der Waals surface area contributed by atoms with Gasteiger partial charge in [-0.1, -0.05) is 32.9 Å². The molecule has 2 aliphatic rings. The number of hydrogen-bond acceptors (Lipinski definition) is 9. The summed E-state index contributed by atoms with van der Waals surface area (Å²) in [4.78, 5) is 0. The highest BCUT2D eigenvalue weighted by atomic mass is 16.7. The highest BCUT2D eigenvalue weighted by Crippen LogP contribution is 2.49. The molecule has 0 bridgehead atoms. The van der Waals surface area contributed by atoms with Crippen LogP contribution in [-0.2, 0) is 9.47 Å². The van der Waals surface area contributed by atoms with Crippen LogP contribution in [-0.4, -0.2) is 97.0 Å². The predicted octanol–water partition coefficient (Wildman–Crippen LogP) is -1.73. The maximum absolute atomic E-state index is 11.2. The van der Waals surface area contributed by atoms with Crippen LogP contribution in [0.4, 0.5) is 0 Å². The second-order valence-electron chi connectivity index (χ2n) is 8.66. The van der Waals surface area contributed by atoms with Gasteiger partial charge in [0.05, 0.1) is 30.5 Å². The van der Waals surface area contributed by atoms with E-state index >= 15 is 0 Å². The lowest BCUT2D eigenvalue weighted by atomic mass is 9.58. The molecular formula is C19H34O9. The Morgan fingerprint density at radius 1 is 1.11 bits per heavy atom. The van der Waals surface area contributed by atoms with Crippen LogP contribution in [0.1, 0.15) is 34.1 Å². The van der Waals surface area contributed by atoms with Gasteiger partial charge in [0.25, 0.3) is 0 Å². The fraction of sp³-hybridized carbons (Fsp3) is 0.895. The molecule has 1 saturated heterocycles. The lowest BCUT2D eigenvalue weighted by Crippen LogP contribution is -2.64. The van der Waals surface area contributed by atoms with Gasteiger partial charge in [0.15, 0.2) is 6.29 Å². The Morgan fingerprint density at radius 3 is 2.25 bits per heavy atom. The quantitative estimate of drug-likeness (QED) is 0.263. The molecular weight excluding hydrogens is 372 g/mol. The Bertz CT molecular complexity index is 550. The van der Waals surface area contributed by atoms with E-state index in [0.717, 1.165) is 0 Å². The first kappa shape index (κ1) is 23.7. The Morgan fingerprint density at radius 2 is 1.71 bits per heavy atom. The van der Waals surface area contributed by atoms with Gasteiger partial charge in [-0.2, -0.15) is 0 Å². The van der Waals surface area contributed by atoms with Gasteiger partial charge in [0.1, 0.15) is 24.4 Å². The summed E-state index contributed by atoms with van der Waals surface area (Å²) in [5, 5.41) is 70.7. The van der Waals surface area contributed by atoms with E-state index in [0.29, 0.717) is 0 Å². The molecule has 7 N–H and O–H groups in total. The molecule has 9 heteroatoms. The van der Waals surface area contributed by atoms with Gasteiger partial charge >= 0.3 is 0 Å². The minimum Gasteiger partial charge on any atom is -0.394 e. The van der Waals surface area contributed by atoms with Crippen molar-refractivity contribution in [2.45, 2.75) is 88.7 Å². The van der Waals surface area contributed by atoms with Crippen molar-refractivity contribution in [3.63, 3.8) is 0 Å². The smallest absolute Gasteiger partial charge is 0.187 e. The summed E-state index contributed by atoms with van der Waals surface area (Å²) in [6.07, 6.45) is -6.71. The molecule has 0 aromatic carbocycles. The Labute approximate surface area is 164 Å². The molecule has 164 valence electrons. The molecule has 2 rings (SSSR count). The number of aliphatic hydroxyl groups excluding tert-OH is 6. The second-order valence-corrected chi connectivity index (χ2v) is 8.66. The second kappa shape index (κ2) is 8.63. The maximum atomic E-state index is 11.2. The molecule has 1 saturated carbocycles. The van der Waals surface area contributed by atoms with Crippen LogP contribution in [0.3, 0.4) is 0 Å². The van der Waals surface area contributed by atoms with Crippen LogP contribution in [0, 0.1) is 11.3 Å². The molecule has 28 heavy (non-hydrogen) atoms. The van der Waals surface area contributed by atoms with Crippen molar-refractivity contribution in [3.8, 4) is 0 Å². The zero-order valence-electron chi connectivity index (χ0n) is 16.7. The van der Waals surface area contributed by atoms with E-state index < -0.39 is 72.6 Å². The van der Waals surface area contributed by atoms with Gasteiger partial charge in [-0.15, -0.1) is 0 Å². The molecule has 2 fully saturated rings. The van der Waals surface area contributed by atoms with Crippen molar-refractivity contribution in [1.82, 2.24) is 0 Å². The average Bonchev–Trinajstić information content (AvgIpc) is 2.63. The molecule has 0 aromatic heterocycles. The first-order chi connectivity index (χ1) is 12.9. The Balaban J connectivity index is 2.20. The van der Waals surface area contributed by atoms with Crippen LogP contribution >= 0.6 is 0 Å². The zero-order chi connectivity index (χ0) is 21.4. The normalized spacial score (nSPS) is 48.0. The van der Waals surface area contributed by atoms with Crippen molar-refractivity contribution in [2.75, 3.05) is 6.61 Å². The molecule has 0 amide bonds. The first-order valence-corrected chi connectivity index (χ1v) is 9.59. The van der Waals surface area contributed by atoms with Gasteiger partial charge in [0.2, 0.25) is 0 Å². The summed E-state index contributed by atoms with van der Waals surface area (Å²) in [6, 6.07) is 0. The zero-order valence-corrected chi connectivity index (χ0v) is 16.7. The predicted molar refractivity (Wildman–Crippen MR) is 98.0 cm³/mol. The van der Waals surface area contributed by atoms with Crippen LogP contribution in [0.25, 0.3) is 0 Å². The summed E-state index contributed by atoms with van der Waals surface area (Å²) in [6.45, 7) is 6.23. The maximum Gasteiger partial charge on any atom is 0.187 e. The third-order valence-corrected chi connectivity index (χ3v) is 6.17. The van der Waals surface area contributed by atoms with E-state index in [1.807, 2.05) is 0 Å². The molecule has 1 heterocycles. The molecule has 0 aromatic rings. The highest BCUT2D eigenvalue weighted by molar-refractivity contribution is 5.17. The van der Waals surface area contributed by atoms with Crippen molar-refractivity contribution < 1.29 is 45.2 Å². The minimum atomic E-state index is -1.58. The summed E-state index contributed by atoms with van der Waals surface area (Å²) in [5.74, 6) is -0.680. The molecule has 1 aliphatic heterocycles. The van der Waals surface area contributed by atoms with Crippen molar-refractivity contribution in [1.29, 1.82) is 0 Å². The largest absolute Gasteiger partial charge is 0.394 e. The Hall–Kier alpha value is -0.620. The van der Waals surface area contributed by atoms with Gasteiger partial charge in [-0.25, -0.2) is 0 Å². The molecule has 9 nitrogen and oxygen atoms in total. The van der Waals surface area contributed by atoms with Gasteiger partial charge in [-0.05, 0) is 13.3 Å². The average molecular weight is 406 g/mol. The first-order valence-electron chi connectivity index (χ1n) is 9.59. The van der Waals surface area contributed by atoms with Gasteiger partial charge in [-0.3, -0.25) is 0 Å². The summed E-state index contributed by atoms with van der Waals surface area (Å²) in [5.41, 5.74) is -2.19. The standard InChI is InChI=1S/C19H34O9/c1-9(21)5-6-19(26)10(2)13(22)11(7-18(19,3)4)27-17-16(25)15(24)14(23)12(8-20)28-17/h5-6,9-17,20-26H,7-8H2,1-4H3/b6-5+/t9-,10-,11-,12-,13-,14-,15+,16-,17-,19+/m1/s1. The Kier molecular flexibility index (Phi) is 7.29. The SMILES string of the molecule is C[C@@H]1[C@@H](O)[C@H](O[C@@H]2O[C@H](CO)[C@@H](O)[C@H](O)[C@H]2O)CC(C)(C)[C@]1(O)/C=C/[C@@H](C)O. The number of aliphatic hydroxyl groups is 7. The van der Waals surface area contributed by atoms with Crippen LogP contribution < -0.4 is 0 Å². The molecule has 10 atom stereocenters. The topological polar surface area (TPSA) is 160 Å². The number of hydrogen-bond donors (Lipinski definition) is 7. The van der Waals surface area contributed by atoms with Crippen molar-refractivity contribution >= 4 is 0 Å². The molecule has 0 unspecified atom stereocenters.